The molecular formula is C15H15ClN2. The summed E-state index contributed by atoms with van der Waals surface area (Å²) in [5, 5.41) is 7.81. The fraction of sp³-hybridized carbons (Fsp3) is 0.133. The van der Waals surface area contributed by atoms with Gasteiger partial charge in [0.25, 0.3) is 0 Å². The Morgan fingerprint density at radius 3 is 1.61 bits per heavy atom. The third-order valence-corrected chi connectivity index (χ3v) is 3.08. The SMILES string of the molecule is Cc1ccccc1N(C(=N)Cl)c1ccccc1C. The Bertz CT molecular complexity index is 533. The van der Waals surface area contributed by atoms with Crippen LogP contribution in [0.25, 0.3) is 0 Å². The van der Waals surface area contributed by atoms with E-state index in [9.17, 15) is 0 Å². The number of aryl methyl sites for hydroxylation is 2. The lowest BCUT2D eigenvalue weighted by atomic mass is 10.1. The van der Waals surface area contributed by atoms with Gasteiger partial charge in [-0.2, -0.15) is 0 Å². The van der Waals surface area contributed by atoms with Crippen LogP contribution in [0.1, 0.15) is 11.1 Å². The third kappa shape index (κ3) is 2.39. The van der Waals surface area contributed by atoms with E-state index in [2.05, 4.69) is 0 Å². The highest BCUT2D eigenvalue weighted by Gasteiger charge is 2.16. The summed E-state index contributed by atoms with van der Waals surface area (Å²) in [7, 11) is 0. The van der Waals surface area contributed by atoms with Gasteiger partial charge in [-0.1, -0.05) is 36.4 Å². The molecule has 2 rings (SSSR count). The zero-order valence-corrected chi connectivity index (χ0v) is 11.2. The summed E-state index contributed by atoms with van der Waals surface area (Å²) in [6, 6.07) is 15.8. The maximum Gasteiger partial charge on any atom is 0.200 e. The van der Waals surface area contributed by atoms with Crippen LogP contribution in [0, 0.1) is 19.3 Å². The van der Waals surface area contributed by atoms with Crippen molar-refractivity contribution < 1.29 is 0 Å². The van der Waals surface area contributed by atoms with Gasteiger partial charge >= 0.3 is 0 Å². The second-order valence-corrected chi connectivity index (χ2v) is 4.56. The Kier molecular flexibility index (Phi) is 3.68. The molecule has 0 saturated heterocycles. The summed E-state index contributed by atoms with van der Waals surface area (Å²) < 4.78 is 0. The van der Waals surface area contributed by atoms with Gasteiger partial charge in [0, 0.05) is 0 Å². The predicted molar refractivity (Wildman–Crippen MR) is 78.1 cm³/mol. The van der Waals surface area contributed by atoms with Crippen LogP contribution in [-0.4, -0.2) is 5.29 Å². The van der Waals surface area contributed by atoms with Crippen LogP contribution in [-0.2, 0) is 0 Å². The molecule has 0 heterocycles. The maximum atomic E-state index is 7.81. The zero-order valence-electron chi connectivity index (χ0n) is 10.4. The number of nitrogens with zero attached hydrogens (tertiary/aromatic N) is 1. The van der Waals surface area contributed by atoms with Gasteiger partial charge in [0.05, 0.1) is 11.4 Å². The Balaban J connectivity index is 2.58. The van der Waals surface area contributed by atoms with Crippen LogP contribution in [0.3, 0.4) is 0 Å². The molecule has 1 N–H and O–H groups in total. The number of halogens is 1. The maximum absolute atomic E-state index is 7.81. The largest absolute Gasteiger partial charge is 0.285 e. The first kappa shape index (κ1) is 12.7. The number of benzene rings is 2. The number of para-hydroxylation sites is 2. The summed E-state index contributed by atoms with van der Waals surface area (Å²) in [6.45, 7) is 4.03. The average Bonchev–Trinajstić information content (AvgIpc) is 2.34. The molecule has 18 heavy (non-hydrogen) atoms. The molecule has 0 aliphatic carbocycles. The highest BCUT2D eigenvalue weighted by Crippen LogP contribution is 2.31. The van der Waals surface area contributed by atoms with E-state index < -0.39 is 0 Å². The lowest BCUT2D eigenvalue weighted by molar-refractivity contribution is 1.26. The molecule has 0 aliphatic heterocycles. The van der Waals surface area contributed by atoms with Crippen molar-refractivity contribution in [3.63, 3.8) is 0 Å². The highest BCUT2D eigenvalue weighted by atomic mass is 35.5. The molecule has 0 spiro atoms. The zero-order chi connectivity index (χ0) is 13.1. The van der Waals surface area contributed by atoms with Crippen LogP contribution in [0.15, 0.2) is 48.5 Å². The van der Waals surface area contributed by atoms with Gasteiger partial charge in [0.1, 0.15) is 0 Å². The smallest absolute Gasteiger partial charge is 0.200 e. The van der Waals surface area contributed by atoms with Crippen LogP contribution >= 0.6 is 11.6 Å². The summed E-state index contributed by atoms with van der Waals surface area (Å²) in [4.78, 5) is 1.76. The van der Waals surface area contributed by atoms with E-state index in [0.717, 1.165) is 22.5 Å². The van der Waals surface area contributed by atoms with Crippen molar-refractivity contribution in [2.75, 3.05) is 4.90 Å². The lowest BCUT2D eigenvalue weighted by Gasteiger charge is -2.25. The Hall–Kier alpha value is -1.80. The fourth-order valence-electron chi connectivity index (χ4n) is 1.97. The summed E-state index contributed by atoms with van der Waals surface area (Å²) in [6.07, 6.45) is 0. The molecule has 0 bridgehead atoms. The van der Waals surface area contributed by atoms with Gasteiger partial charge in [0.15, 0.2) is 5.29 Å². The van der Waals surface area contributed by atoms with Gasteiger partial charge in [-0.3, -0.25) is 10.3 Å². The molecular weight excluding hydrogens is 244 g/mol. The first-order valence-corrected chi connectivity index (χ1v) is 6.14. The van der Waals surface area contributed by atoms with Crippen molar-refractivity contribution >= 4 is 28.3 Å². The topological polar surface area (TPSA) is 27.1 Å². The Morgan fingerprint density at radius 2 is 1.28 bits per heavy atom. The van der Waals surface area contributed by atoms with E-state index in [1.54, 1.807) is 4.90 Å². The molecule has 92 valence electrons. The molecule has 0 aliphatic rings. The quantitative estimate of drug-likeness (QED) is 0.475. The van der Waals surface area contributed by atoms with Crippen molar-refractivity contribution in [3.05, 3.63) is 59.7 Å². The number of nitrogens with one attached hydrogen (secondary N) is 1. The standard InChI is InChI=1S/C15H15ClN2/c1-11-7-3-5-9-13(11)18(15(16)17)14-10-6-4-8-12(14)2/h3-10,17H,1-2H3. The van der Waals surface area contributed by atoms with E-state index in [1.165, 1.54) is 0 Å². The first-order valence-electron chi connectivity index (χ1n) is 5.76. The van der Waals surface area contributed by atoms with E-state index in [1.807, 2.05) is 62.4 Å². The minimum absolute atomic E-state index is 0.00130. The summed E-state index contributed by atoms with van der Waals surface area (Å²) in [5.41, 5.74) is 4.05. The van der Waals surface area contributed by atoms with E-state index in [0.29, 0.717) is 0 Å². The average molecular weight is 259 g/mol. The number of amidine groups is 1. The van der Waals surface area contributed by atoms with Gasteiger partial charge in [-0.05, 0) is 48.7 Å². The molecule has 0 saturated carbocycles. The molecule has 2 aromatic rings. The van der Waals surface area contributed by atoms with Gasteiger partial charge in [-0.15, -0.1) is 0 Å². The van der Waals surface area contributed by atoms with Gasteiger partial charge in [0.2, 0.25) is 0 Å². The molecule has 0 amide bonds. The molecule has 2 aromatic carbocycles. The number of rotatable bonds is 2. The second kappa shape index (κ2) is 5.23. The molecule has 0 fully saturated rings. The van der Waals surface area contributed by atoms with Crippen molar-refractivity contribution in [1.29, 1.82) is 5.41 Å². The molecule has 0 atom stereocenters. The van der Waals surface area contributed by atoms with Crippen LogP contribution in [0.4, 0.5) is 11.4 Å². The first-order chi connectivity index (χ1) is 8.61. The van der Waals surface area contributed by atoms with Crippen molar-refractivity contribution in [2.24, 2.45) is 0 Å². The minimum Gasteiger partial charge on any atom is -0.285 e. The van der Waals surface area contributed by atoms with Gasteiger partial charge < -0.3 is 0 Å². The minimum atomic E-state index is -0.00130. The Morgan fingerprint density at radius 1 is 0.889 bits per heavy atom. The molecule has 3 heteroatoms. The summed E-state index contributed by atoms with van der Waals surface area (Å²) >= 11 is 5.97. The lowest BCUT2D eigenvalue weighted by Crippen LogP contribution is -2.21. The number of hydrogen-bond acceptors (Lipinski definition) is 1. The van der Waals surface area contributed by atoms with Crippen molar-refractivity contribution in [3.8, 4) is 0 Å². The predicted octanol–water partition coefficient (Wildman–Crippen LogP) is 4.62. The molecule has 0 unspecified atom stereocenters. The van der Waals surface area contributed by atoms with E-state index >= 15 is 0 Å². The monoisotopic (exact) mass is 258 g/mol. The second-order valence-electron chi connectivity index (χ2n) is 4.20. The highest BCUT2D eigenvalue weighted by molar-refractivity contribution is 6.67. The number of anilines is 2. The molecule has 0 radical (unpaired) electrons. The summed E-state index contributed by atoms with van der Waals surface area (Å²) in [5.74, 6) is 0. The van der Waals surface area contributed by atoms with Crippen molar-refractivity contribution in [2.45, 2.75) is 13.8 Å². The van der Waals surface area contributed by atoms with E-state index in [-0.39, 0.29) is 5.29 Å². The third-order valence-electron chi connectivity index (χ3n) is 2.91. The van der Waals surface area contributed by atoms with Crippen LogP contribution in [0.2, 0.25) is 0 Å². The van der Waals surface area contributed by atoms with Crippen LogP contribution < -0.4 is 4.90 Å². The fourth-order valence-corrected chi connectivity index (χ4v) is 2.15. The normalized spacial score (nSPS) is 10.2. The van der Waals surface area contributed by atoms with Crippen molar-refractivity contribution in [1.82, 2.24) is 0 Å². The number of hydrogen-bond donors (Lipinski definition) is 1. The Labute approximate surface area is 112 Å². The van der Waals surface area contributed by atoms with Gasteiger partial charge in [-0.25, -0.2) is 0 Å². The van der Waals surface area contributed by atoms with Crippen LogP contribution in [0.5, 0.6) is 0 Å². The molecule has 2 nitrogen and oxygen atoms in total. The van der Waals surface area contributed by atoms with E-state index in [4.69, 9.17) is 17.0 Å². The molecule has 0 aromatic heterocycles.